The van der Waals surface area contributed by atoms with Crippen molar-refractivity contribution in [3.8, 4) is 0 Å². The summed E-state index contributed by atoms with van der Waals surface area (Å²) in [6.07, 6.45) is 1.54. The number of carbonyl (C=O) groups excluding carboxylic acids is 1. The van der Waals surface area contributed by atoms with E-state index in [1.165, 1.54) is 22.3 Å². The van der Waals surface area contributed by atoms with Gasteiger partial charge in [-0.2, -0.15) is 0 Å². The van der Waals surface area contributed by atoms with Gasteiger partial charge in [-0.05, 0) is 49.5 Å². The molecule has 2 rings (SSSR count). The highest BCUT2D eigenvalue weighted by molar-refractivity contribution is 6.01. The largest absolute Gasteiger partial charge is 0.294 e. The smallest absolute Gasteiger partial charge is 0.163 e. The molecule has 1 nitrogen and oxygen atoms in total. The van der Waals surface area contributed by atoms with Gasteiger partial charge in [-0.15, -0.1) is 0 Å². The zero-order valence-corrected chi connectivity index (χ0v) is 11.6. The molecule has 1 aromatic rings. The Hall–Kier alpha value is -1.63. The highest BCUT2D eigenvalue weighted by atomic mass is 16.1. The van der Waals surface area contributed by atoms with Crippen molar-refractivity contribution in [1.29, 1.82) is 0 Å². The van der Waals surface area contributed by atoms with Crippen LogP contribution in [0.3, 0.4) is 0 Å². The molecule has 0 bridgehead atoms. The summed E-state index contributed by atoms with van der Waals surface area (Å²) in [5.74, 6) is 0.230. The number of hydrogen-bond donors (Lipinski definition) is 0. The van der Waals surface area contributed by atoms with Crippen molar-refractivity contribution in [2.24, 2.45) is 0 Å². The molecule has 0 fully saturated rings. The Morgan fingerprint density at radius 3 is 2.33 bits per heavy atom. The Kier molecular flexibility index (Phi) is 3.51. The molecule has 0 heterocycles. The molecule has 1 aromatic carbocycles. The van der Waals surface area contributed by atoms with Crippen LogP contribution in [0.15, 0.2) is 41.0 Å². The third-order valence-electron chi connectivity index (χ3n) is 3.97. The zero-order chi connectivity index (χ0) is 13.3. The van der Waals surface area contributed by atoms with Crippen LogP contribution in [0.25, 0.3) is 5.57 Å². The van der Waals surface area contributed by atoms with Gasteiger partial charge in [0.05, 0.1) is 0 Å². The standard InChI is InChI=1S/C17H20O/c1-5-17(18)15-9-7-6-8-14(15)16-10-11(2)12(3)13(16)4/h6-9H,5,10H2,1-4H3. The van der Waals surface area contributed by atoms with Crippen molar-refractivity contribution in [2.75, 3.05) is 0 Å². The first-order valence-electron chi connectivity index (χ1n) is 6.55. The Bertz CT molecular complexity index is 559. The highest BCUT2D eigenvalue weighted by Crippen LogP contribution is 2.38. The number of ketones is 1. The molecule has 1 heteroatoms. The van der Waals surface area contributed by atoms with Gasteiger partial charge in [0.1, 0.15) is 0 Å². The third kappa shape index (κ3) is 2.05. The van der Waals surface area contributed by atoms with Gasteiger partial charge in [0.15, 0.2) is 5.78 Å². The second-order valence-corrected chi connectivity index (χ2v) is 5.01. The minimum atomic E-state index is 0.230. The van der Waals surface area contributed by atoms with Crippen LogP contribution in [-0.4, -0.2) is 5.78 Å². The molecule has 1 aliphatic rings. The van der Waals surface area contributed by atoms with Crippen molar-refractivity contribution < 1.29 is 4.79 Å². The number of allylic oxidation sites excluding steroid dienone is 4. The van der Waals surface area contributed by atoms with E-state index in [1.807, 2.05) is 25.1 Å². The summed E-state index contributed by atoms with van der Waals surface area (Å²) in [4.78, 5) is 12.0. The van der Waals surface area contributed by atoms with E-state index in [2.05, 4.69) is 26.8 Å². The first-order valence-corrected chi connectivity index (χ1v) is 6.55. The third-order valence-corrected chi connectivity index (χ3v) is 3.97. The fraction of sp³-hybridized carbons (Fsp3) is 0.353. The first kappa shape index (κ1) is 12.8. The molecule has 0 unspecified atom stereocenters. The molecule has 0 radical (unpaired) electrons. The zero-order valence-electron chi connectivity index (χ0n) is 11.6. The number of benzene rings is 1. The predicted octanol–water partition coefficient (Wildman–Crippen LogP) is 4.79. The van der Waals surface area contributed by atoms with Crippen LogP contribution in [0.4, 0.5) is 0 Å². The second-order valence-electron chi connectivity index (χ2n) is 5.01. The van der Waals surface area contributed by atoms with E-state index in [0.717, 1.165) is 17.5 Å². The molecule has 0 atom stereocenters. The van der Waals surface area contributed by atoms with E-state index in [0.29, 0.717) is 6.42 Å². The molecule has 0 aliphatic heterocycles. The van der Waals surface area contributed by atoms with Gasteiger partial charge < -0.3 is 0 Å². The van der Waals surface area contributed by atoms with Crippen LogP contribution in [0.5, 0.6) is 0 Å². The number of carbonyl (C=O) groups is 1. The van der Waals surface area contributed by atoms with E-state index in [9.17, 15) is 4.79 Å². The predicted molar refractivity (Wildman–Crippen MR) is 76.6 cm³/mol. The van der Waals surface area contributed by atoms with Gasteiger partial charge >= 0.3 is 0 Å². The molecular weight excluding hydrogens is 220 g/mol. The molecule has 0 aromatic heterocycles. The number of rotatable bonds is 3. The number of Topliss-reactive ketones (excluding diaryl/α,β-unsaturated/α-hetero) is 1. The van der Waals surface area contributed by atoms with Crippen LogP contribution < -0.4 is 0 Å². The second kappa shape index (κ2) is 4.93. The molecule has 0 N–H and O–H groups in total. The molecule has 0 saturated carbocycles. The summed E-state index contributed by atoms with van der Waals surface area (Å²) in [5, 5.41) is 0. The normalized spacial score (nSPS) is 15.6. The quantitative estimate of drug-likeness (QED) is 0.694. The topological polar surface area (TPSA) is 17.1 Å². The first-order chi connectivity index (χ1) is 8.56. The maximum Gasteiger partial charge on any atom is 0.163 e. The molecule has 94 valence electrons. The average molecular weight is 240 g/mol. The Labute approximate surface area is 109 Å². The fourth-order valence-electron chi connectivity index (χ4n) is 2.55. The van der Waals surface area contributed by atoms with Gasteiger partial charge in [0.25, 0.3) is 0 Å². The van der Waals surface area contributed by atoms with E-state index in [4.69, 9.17) is 0 Å². The lowest BCUT2D eigenvalue weighted by Crippen LogP contribution is -2.02. The highest BCUT2D eigenvalue weighted by Gasteiger charge is 2.20. The van der Waals surface area contributed by atoms with Gasteiger partial charge in [-0.1, -0.05) is 36.8 Å². The van der Waals surface area contributed by atoms with Crippen molar-refractivity contribution in [1.82, 2.24) is 0 Å². The average Bonchev–Trinajstić information content (AvgIpc) is 2.65. The van der Waals surface area contributed by atoms with Crippen LogP contribution in [0.2, 0.25) is 0 Å². The summed E-state index contributed by atoms with van der Waals surface area (Å²) in [7, 11) is 0. The van der Waals surface area contributed by atoms with E-state index >= 15 is 0 Å². The van der Waals surface area contributed by atoms with Gasteiger partial charge in [-0.25, -0.2) is 0 Å². The Balaban J connectivity index is 2.52. The Morgan fingerprint density at radius 1 is 1.11 bits per heavy atom. The molecule has 0 amide bonds. The lowest BCUT2D eigenvalue weighted by atomic mass is 9.93. The monoisotopic (exact) mass is 240 g/mol. The van der Waals surface area contributed by atoms with Crippen LogP contribution >= 0.6 is 0 Å². The maximum atomic E-state index is 12.0. The maximum absolute atomic E-state index is 12.0. The SMILES string of the molecule is CCC(=O)c1ccccc1C1=C(C)C(C)=C(C)C1. The van der Waals surface area contributed by atoms with Crippen LogP contribution in [-0.2, 0) is 0 Å². The molecular formula is C17H20O. The summed E-state index contributed by atoms with van der Waals surface area (Å²) in [6, 6.07) is 7.99. The van der Waals surface area contributed by atoms with E-state index < -0.39 is 0 Å². The molecule has 1 aliphatic carbocycles. The fourth-order valence-corrected chi connectivity index (χ4v) is 2.55. The van der Waals surface area contributed by atoms with Crippen molar-refractivity contribution in [2.45, 2.75) is 40.5 Å². The van der Waals surface area contributed by atoms with E-state index in [1.54, 1.807) is 0 Å². The minimum Gasteiger partial charge on any atom is -0.294 e. The van der Waals surface area contributed by atoms with Crippen molar-refractivity contribution >= 4 is 11.4 Å². The van der Waals surface area contributed by atoms with Crippen LogP contribution in [0.1, 0.15) is 56.5 Å². The summed E-state index contributed by atoms with van der Waals surface area (Å²) in [6.45, 7) is 8.43. The van der Waals surface area contributed by atoms with Crippen molar-refractivity contribution in [3.05, 3.63) is 52.1 Å². The summed E-state index contributed by atoms with van der Waals surface area (Å²) >= 11 is 0. The summed E-state index contributed by atoms with van der Waals surface area (Å²) < 4.78 is 0. The lowest BCUT2D eigenvalue weighted by Gasteiger charge is -2.11. The van der Waals surface area contributed by atoms with Gasteiger partial charge in [0, 0.05) is 12.0 Å². The summed E-state index contributed by atoms with van der Waals surface area (Å²) in [5.41, 5.74) is 7.45. The molecule has 18 heavy (non-hydrogen) atoms. The van der Waals surface area contributed by atoms with Gasteiger partial charge in [0.2, 0.25) is 0 Å². The Morgan fingerprint density at radius 2 is 1.78 bits per heavy atom. The van der Waals surface area contributed by atoms with Crippen LogP contribution in [0, 0.1) is 0 Å². The molecule has 0 spiro atoms. The van der Waals surface area contributed by atoms with E-state index in [-0.39, 0.29) is 5.78 Å². The van der Waals surface area contributed by atoms with Gasteiger partial charge in [-0.3, -0.25) is 4.79 Å². The minimum absolute atomic E-state index is 0.230. The van der Waals surface area contributed by atoms with Crippen molar-refractivity contribution in [3.63, 3.8) is 0 Å². The lowest BCUT2D eigenvalue weighted by molar-refractivity contribution is 0.0988. The number of hydrogen-bond acceptors (Lipinski definition) is 1. The molecule has 0 saturated heterocycles.